The van der Waals surface area contributed by atoms with E-state index in [2.05, 4.69) is 57.2 Å². The molecule has 2 aromatic carbocycles. The lowest BCUT2D eigenvalue weighted by atomic mass is 10.2. The first-order valence-electron chi connectivity index (χ1n) is 11.1. The molecule has 0 atom stereocenters. The van der Waals surface area contributed by atoms with Gasteiger partial charge in [-0.2, -0.15) is 0 Å². The van der Waals surface area contributed by atoms with Crippen LogP contribution in [0, 0.1) is 0 Å². The zero-order valence-electron chi connectivity index (χ0n) is 17.3. The summed E-state index contributed by atoms with van der Waals surface area (Å²) in [5.74, 6) is 0.996. The molecule has 2 heterocycles. The molecule has 2 aliphatic rings. The summed E-state index contributed by atoms with van der Waals surface area (Å²) in [6.45, 7) is 3.85. The number of urea groups is 1. The number of hydrogen-bond donors (Lipinski definition) is 1. The number of para-hydroxylation sites is 2. The Kier molecular flexibility index (Phi) is 5.30. The number of nitrogens with one attached hydrogen (secondary N) is 1. The minimum absolute atomic E-state index is 0.0966. The lowest BCUT2D eigenvalue weighted by Crippen LogP contribution is -2.53. The SMILES string of the molecule is O=C(NC1CCCC1)N1CCN(c2nc3ccccc3n2Cc2ccccc2)CC1. The Bertz CT molecular complexity index is 1000. The van der Waals surface area contributed by atoms with Crippen molar-refractivity contribution in [3.63, 3.8) is 0 Å². The van der Waals surface area contributed by atoms with Crippen LogP contribution in [0.2, 0.25) is 0 Å². The van der Waals surface area contributed by atoms with E-state index < -0.39 is 0 Å². The number of piperazine rings is 1. The Labute approximate surface area is 177 Å². The van der Waals surface area contributed by atoms with Gasteiger partial charge in [-0.15, -0.1) is 0 Å². The van der Waals surface area contributed by atoms with Crippen molar-refractivity contribution in [3.05, 3.63) is 60.2 Å². The Morgan fingerprint density at radius 3 is 2.40 bits per heavy atom. The summed E-state index contributed by atoms with van der Waals surface area (Å²) >= 11 is 0. The largest absolute Gasteiger partial charge is 0.339 e. The van der Waals surface area contributed by atoms with Crippen molar-refractivity contribution in [3.8, 4) is 0 Å². The molecule has 1 saturated carbocycles. The molecular weight excluding hydrogens is 374 g/mol. The van der Waals surface area contributed by atoms with E-state index in [0.29, 0.717) is 6.04 Å². The zero-order valence-corrected chi connectivity index (χ0v) is 17.3. The van der Waals surface area contributed by atoms with E-state index in [0.717, 1.165) is 62.5 Å². The number of hydrogen-bond acceptors (Lipinski definition) is 3. The first-order valence-corrected chi connectivity index (χ1v) is 11.1. The van der Waals surface area contributed by atoms with Crippen molar-refractivity contribution in [2.45, 2.75) is 38.3 Å². The van der Waals surface area contributed by atoms with Crippen LogP contribution in [0.25, 0.3) is 11.0 Å². The molecule has 6 heteroatoms. The summed E-state index contributed by atoms with van der Waals surface area (Å²) < 4.78 is 2.30. The molecule has 1 aromatic heterocycles. The lowest BCUT2D eigenvalue weighted by Gasteiger charge is -2.36. The highest BCUT2D eigenvalue weighted by molar-refractivity contribution is 5.79. The Morgan fingerprint density at radius 2 is 1.63 bits per heavy atom. The standard InChI is InChI=1S/C24H29N5O/c30-24(25-20-10-4-5-11-20)28-16-14-27(15-17-28)23-26-21-12-6-7-13-22(21)29(23)18-19-8-2-1-3-9-19/h1-3,6-9,12-13,20H,4-5,10-11,14-18H2,(H,25,30). The second kappa shape index (κ2) is 8.38. The maximum absolute atomic E-state index is 12.6. The van der Waals surface area contributed by atoms with E-state index in [1.165, 1.54) is 18.4 Å². The monoisotopic (exact) mass is 403 g/mol. The van der Waals surface area contributed by atoms with Crippen molar-refractivity contribution in [1.29, 1.82) is 0 Å². The first kappa shape index (κ1) is 19.0. The second-order valence-corrected chi connectivity index (χ2v) is 8.38. The summed E-state index contributed by atoms with van der Waals surface area (Å²) in [4.78, 5) is 21.9. The first-order chi connectivity index (χ1) is 14.8. The van der Waals surface area contributed by atoms with Crippen LogP contribution < -0.4 is 10.2 Å². The molecule has 0 radical (unpaired) electrons. The zero-order chi connectivity index (χ0) is 20.3. The molecule has 6 nitrogen and oxygen atoms in total. The van der Waals surface area contributed by atoms with E-state index in [-0.39, 0.29) is 6.03 Å². The molecule has 1 saturated heterocycles. The maximum atomic E-state index is 12.6. The number of anilines is 1. The van der Waals surface area contributed by atoms with Gasteiger partial charge >= 0.3 is 6.03 Å². The highest BCUT2D eigenvalue weighted by atomic mass is 16.2. The van der Waals surface area contributed by atoms with Gasteiger partial charge in [-0.1, -0.05) is 55.3 Å². The average Bonchev–Trinajstić information content (AvgIpc) is 3.43. The van der Waals surface area contributed by atoms with Gasteiger partial charge in [0.15, 0.2) is 0 Å². The quantitative estimate of drug-likeness (QED) is 0.720. The summed E-state index contributed by atoms with van der Waals surface area (Å²) in [6.07, 6.45) is 4.71. The van der Waals surface area contributed by atoms with Crippen LogP contribution >= 0.6 is 0 Å². The van der Waals surface area contributed by atoms with E-state index >= 15 is 0 Å². The molecule has 0 bridgehead atoms. The van der Waals surface area contributed by atoms with Gasteiger partial charge in [0, 0.05) is 32.2 Å². The molecule has 0 unspecified atom stereocenters. The second-order valence-electron chi connectivity index (χ2n) is 8.38. The van der Waals surface area contributed by atoms with Crippen LogP contribution in [-0.2, 0) is 6.54 Å². The number of carbonyl (C=O) groups excluding carboxylic acids is 1. The van der Waals surface area contributed by atoms with Crippen LogP contribution in [0.4, 0.5) is 10.7 Å². The minimum Gasteiger partial charge on any atom is -0.339 e. The third-order valence-corrected chi connectivity index (χ3v) is 6.35. The Morgan fingerprint density at radius 1 is 0.933 bits per heavy atom. The van der Waals surface area contributed by atoms with Crippen molar-refractivity contribution >= 4 is 23.0 Å². The molecule has 0 spiro atoms. The molecule has 156 valence electrons. The van der Waals surface area contributed by atoms with Crippen molar-refractivity contribution in [1.82, 2.24) is 19.8 Å². The van der Waals surface area contributed by atoms with Gasteiger partial charge in [-0.3, -0.25) is 0 Å². The average molecular weight is 404 g/mol. The van der Waals surface area contributed by atoms with E-state index in [1.807, 2.05) is 17.0 Å². The molecule has 1 aliphatic heterocycles. The normalized spacial score (nSPS) is 17.6. The number of amides is 2. The van der Waals surface area contributed by atoms with Crippen LogP contribution in [0.5, 0.6) is 0 Å². The van der Waals surface area contributed by atoms with Gasteiger partial charge in [0.1, 0.15) is 0 Å². The predicted molar refractivity (Wildman–Crippen MR) is 120 cm³/mol. The molecule has 1 aliphatic carbocycles. The molecule has 30 heavy (non-hydrogen) atoms. The predicted octanol–water partition coefficient (Wildman–Crippen LogP) is 3.86. The summed E-state index contributed by atoms with van der Waals surface area (Å²) in [5, 5.41) is 3.22. The Balaban J connectivity index is 1.32. The summed E-state index contributed by atoms with van der Waals surface area (Å²) in [7, 11) is 0. The van der Waals surface area contributed by atoms with Gasteiger partial charge in [0.05, 0.1) is 17.6 Å². The van der Waals surface area contributed by atoms with Crippen molar-refractivity contribution < 1.29 is 4.79 Å². The fraction of sp³-hybridized carbons (Fsp3) is 0.417. The number of benzene rings is 2. The van der Waals surface area contributed by atoms with Gasteiger partial charge in [-0.25, -0.2) is 9.78 Å². The minimum atomic E-state index is 0.0966. The van der Waals surface area contributed by atoms with Crippen LogP contribution in [0.3, 0.4) is 0 Å². The molecular formula is C24H29N5O. The summed E-state index contributed by atoms with van der Waals surface area (Å²) in [6, 6.07) is 19.3. The van der Waals surface area contributed by atoms with Gasteiger partial charge in [0.2, 0.25) is 5.95 Å². The van der Waals surface area contributed by atoms with Crippen molar-refractivity contribution in [2.24, 2.45) is 0 Å². The van der Waals surface area contributed by atoms with Gasteiger partial charge in [-0.05, 0) is 30.5 Å². The lowest BCUT2D eigenvalue weighted by molar-refractivity contribution is 0.190. The molecule has 3 aromatic rings. The molecule has 1 N–H and O–H groups in total. The van der Waals surface area contributed by atoms with Crippen LogP contribution in [0.15, 0.2) is 54.6 Å². The number of rotatable bonds is 4. The van der Waals surface area contributed by atoms with Crippen LogP contribution in [0.1, 0.15) is 31.2 Å². The fourth-order valence-corrected chi connectivity index (χ4v) is 4.67. The third kappa shape index (κ3) is 3.86. The molecule has 2 fully saturated rings. The topological polar surface area (TPSA) is 53.4 Å². The van der Waals surface area contributed by atoms with E-state index in [4.69, 9.17) is 4.98 Å². The van der Waals surface area contributed by atoms with Gasteiger partial charge in [0.25, 0.3) is 0 Å². The third-order valence-electron chi connectivity index (χ3n) is 6.35. The number of carbonyl (C=O) groups is 1. The highest BCUT2D eigenvalue weighted by Crippen LogP contribution is 2.25. The smallest absolute Gasteiger partial charge is 0.317 e. The molecule has 5 rings (SSSR count). The number of aromatic nitrogens is 2. The van der Waals surface area contributed by atoms with E-state index in [9.17, 15) is 4.79 Å². The highest BCUT2D eigenvalue weighted by Gasteiger charge is 2.26. The fourth-order valence-electron chi connectivity index (χ4n) is 4.67. The number of nitrogens with zero attached hydrogens (tertiary/aromatic N) is 4. The maximum Gasteiger partial charge on any atom is 0.317 e. The number of imidazole rings is 1. The summed E-state index contributed by atoms with van der Waals surface area (Å²) in [5.41, 5.74) is 3.43. The Hall–Kier alpha value is -3.02. The molecule has 2 amide bonds. The van der Waals surface area contributed by atoms with Crippen LogP contribution in [-0.4, -0.2) is 52.7 Å². The van der Waals surface area contributed by atoms with Gasteiger partial charge < -0.3 is 19.7 Å². The van der Waals surface area contributed by atoms with Crippen molar-refractivity contribution in [2.75, 3.05) is 31.1 Å². The number of fused-ring (bicyclic) bond motifs is 1. The van der Waals surface area contributed by atoms with E-state index in [1.54, 1.807) is 0 Å².